The van der Waals surface area contributed by atoms with E-state index in [1.165, 1.54) is 44.9 Å². The van der Waals surface area contributed by atoms with Gasteiger partial charge in [-0.25, -0.2) is 0 Å². The predicted octanol–water partition coefficient (Wildman–Crippen LogP) is 4.14. The van der Waals surface area contributed by atoms with Crippen LogP contribution in [0, 0.1) is 6.92 Å². The van der Waals surface area contributed by atoms with Gasteiger partial charge in [0.15, 0.2) is 0 Å². The Kier molecular flexibility index (Phi) is 18.1. The van der Waals surface area contributed by atoms with Crippen molar-refractivity contribution in [1.29, 1.82) is 0 Å². The molecule has 0 fully saturated rings. The molecule has 0 spiro atoms. The second kappa shape index (κ2) is 15.4. The first-order valence-corrected chi connectivity index (χ1v) is 6.05. The van der Waals surface area contributed by atoms with Crippen molar-refractivity contribution in [3.8, 4) is 0 Å². The van der Waals surface area contributed by atoms with E-state index < -0.39 is 0 Å². The molecule has 14 heavy (non-hydrogen) atoms. The Morgan fingerprint density at radius 3 is 1.50 bits per heavy atom. The smallest absolute Gasteiger partial charge is 0.0140 e. The molecule has 0 aromatic heterocycles. The van der Waals surface area contributed by atoms with Crippen LogP contribution in [0.4, 0.5) is 0 Å². The van der Waals surface area contributed by atoms with Crippen LogP contribution < -0.4 is 0 Å². The van der Waals surface area contributed by atoms with Crippen LogP contribution in [0.5, 0.6) is 0 Å². The maximum Gasteiger partial charge on any atom is -0.0140 e. The summed E-state index contributed by atoms with van der Waals surface area (Å²) < 4.78 is 0. The molecule has 0 amide bonds. The number of unbranched alkanes of at least 4 members (excludes halogenated alkanes) is 7. The van der Waals surface area contributed by atoms with Crippen molar-refractivity contribution >= 4 is 0 Å². The fourth-order valence-corrected chi connectivity index (χ4v) is 1.13. The third-order valence-corrected chi connectivity index (χ3v) is 1.85. The Bertz CT molecular complexity index is 68.5. The maximum atomic E-state index is 3.82. The molecule has 0 atom stereocenters. The molecule has 0 saturated carbocycles. The summed E-state index contributed by atoms with van der Waals surface area (Å²) in [6.07, 6.45) is 10.9. The lowest BCUT2D eigenvalue weighted by Crippen LogP contribution is -1.99. The summed E-state index contributed by atoms with van der Waals surface area (Å²) in [6, 6.07) is 0. The molecule has 0 unspecified atom stereocenters. The summed E-state index contributed by atoms with van der Waals surface area (Å²) in [4.78, 5) is 2.00. The van der Waals surface area contributed by atoms with Gasteiger partial charge in [0, 0.05) is 0 Å². The minimum absolute atomic E-state index is 1.12. The van der Waals surface area contributed by atoms with Gasteiger partial charge in [-0.15, -0.1) is 0 Å². The average Bonchev–Trinajstić information content (AvgIpc) is 2.10. The Labute approximate surface area is 91.9 Å². The van der Waals surface area contributed by atoms with Gasteiger partial charge in [-0.2, -0.15) is 0 Å². The highest BCUT2D eigenvalue weighted by Gasteiger charge is 1.87. The van der Waals surface area contributed by atoms with Crippen molar-refractivity contribution in [1.82, 2.24) is 4.90 Å². The van der Waals surface area contributed by atoms with Crippen molar-refractivity contribution in [3.05, 3.63) is 6.92 Å². The lowest BCUT2D eigenvalue weighted by atomic mass is 10.1. The molecule has 1 radical (unpaired) electrons. The van der Waals surface area contributed by atoms with Crippen LogP contribution in [0.25, 0.3) is 0 Å². The van der Waals surface area contributed by atoms with Crippen LogP contribution in [-0.2, 0) is 0 Å². The van der Waals surface area contributed by atoms with E-state index in [0.29, 0.717) is 0 Å². The van der Waals surface area contributed by atoms with E-state index >= 15 is 0 Å². The highest BCUT2D eigenvalue weighted by atomic mass is 15.0. The van der Waals surface area contributed by atoms with Crippen molar-refractivity contribution < 1.29 is 0 Å². The Hall–Kier alpha value is -0.0400. The topological polar surface area (TPSA) is 3.24 Å². The van der Waals surface area contributed by atoms with Gasteiger partial charge in [0.05, 0.1) is 0 Å². The highest BCUT2D eigenvalue weighted by Crippen LogP contribution is 2.07. The monoisotopic (exact) mass is 200 g/mol. The van der Waals surface area contributed by atoms with Gasteiger partial charge in [-0.1, -0.05) is 65.2 Å². The zero-order valence-electron chi connectivity index (χ0n) is 10.8. The lowest BCUT2D eigenvalue weighted by Gasteiger charge is -1.97. The van der Waals surface area contributed by atoms with Crippen molar-refractivity contribution in [2.45, 2.75) is 58.3 Å². The molecule has 1 nitrogen and oxygen atoms in total. The fourth-order valence-electron chi connectivity index (χ4n) is 1.13. The van der Waals surface area contributed by atoms with E-state index in [1.807, 2.05) is 26.0 Å². The molecule has 0 aromatic rings. The molecule has 0 rings (SSSR count). The zero-order valence-corrected chi connectivity index (χ0v) is 10.8. The number of hydrogen-bond acceptors (Lipinski definition) is 1. The van der Waals surface area contributed by atoms with Gasteiger partial charge in [-0.05, 0) is 21.1 Å². The summed E-state index contributed by atoms with van der Waals surface area (Å²) in [7, 11) is 6.00. The second-order valence-electron chi connectivity index (χ2n) is 4.32. The lowest BCUT2D eigenvalue weighted by molar-refractivity contribution is 0.505. The van der Waals surface area contributed by atoms with Gasteiger partial charge < -0.3 is 4.90 Å². The Morgan fingerprint density at radius 2 is 1.14 bits per heavy atom. The minimum atomic E-state index is 1.12. The van der Waals surface area contributed by atoms with E-state index in [0.717, 1.165) is 6.42 Å². The Balaban J connectivity index is 0. The number of hydrogen-bond donors (Lipinski definition) is 0. The van der Waals surface area contributed by atoms with E-state index in [2.05, 4.69) is 13.8 Å². The van der Waals surface area contributed by atoms with Crippen LogP contribution in [0.3, 0.4) is 0 Å². The van der Waals surface area contributed by atoms with Gasteiger partial charge in [0.2, 0.25) is 0 Å². The quantitative estimate of drug-likeness (QED) is 0.558. The molecule has 0 aliphatic heterocycles. The van der Waals surface area contributed by atoms with Gasteiger partial charge in [0.1, 0.15) is 0 Å². The van der Waals surface area contributed by atoms with E-state index in [1.54, 1.807) is 0 Å². The molecular formula is C13H30N. The molecule has 0 heterocycles. The largest absolute Gasteiger partial charge is 0.312 e. The van der Waals surface area contributed by atoms with Crippen LogP contribution in [0.2, 0.25) is 0 Å². The highest BCUT2D eigenvalue weighted by molar-refractivity contribution is 4.45. The van der Waals surface area contributed by atoms with E-state index in [9.17, 15) is 0 Å². The third kappa shape index (κ3) is 29.7. The first-order chi connectivity index (χ1) is 6.65. The van der Waals surface area contributed by atoms with E-state index in [4.69, 9.17) is 0 Å². The molecule has 0 bridgehead atoms. The van der Waals surface area contributed by atoms with Crippen LogP contribution in [0.15, 0.2) is 0 Å². The molecule has 87 valence electrons. The van der Waals surface area contributed by atoms with Crippen LogP contribution >= 0.6 is 0 Å². The second-order valence-corrected chi connectivity index (χ2v) is 4.32. The molecular weight excluding hydrogens is 170 g/mol. The standard InChI is InChI=1S/C10H21.C3H9N/c1-3-5-7-9-10-8-6-4-2;1-4(2)3/h1,3-10H2,2H3;1-3H3. The number of rotatable bonds is 7. The Morgan fingerprint density at radius 1 is 0.786 bits per heavy atom. The minimum Gasteiger partial charge on any atom is -0.312 e. The summed E-state index contributed by atoms with van der Waals surface area (Å²) >= 11 is 0. The molecule has 0 N–H and O–H groups in total. The molecule has 0 aromatic carbocycles. The summed E-state index contributed by atoms with van der Waals surface area (Å²) in [5.74, 6) is 0. The first kappa shape index (κ1) is 16.4. The SMILES string of the molecule is CN(C)C.[CH2]CCCCCCCCC. The number of nitrogens with zero attached hydrogens (tertiary/aromatic N) is 1. The van der Waals surface area contributed by atoms with Crippen molar-refractivity contribution in [3.63, 3.8) is 0 Å². The average molecular weight is 200 g/mol. The first-order valence-electron chi connectivity index (χ1n) is 6.05. The van der Waals surface area contributed by atoms with Crippen LogP contribution in [0.1, 0.15) is 58.3 Å². The summed E-state index contributed by atoms with van der Waals surface area (Å²) in [6.45, 7) is 6.08. The van der Waals surface area contributed by atoms with E-state index in [-0.39, 0.29) is 0 Å². The molecule has 0 aliphatic rings. The van der Waals surface area contributed by atoms with Crippen molar-refractivity contribution in [2.24, 2.45) is 0 Å². The van der Waals surface area contributed by atoms with Gasteiger partial charge >= 0.3 is 0 Å². The fraction of sp³-hybridized carbons (Fsp3) is 0.923. The molecule has 0 saturated heterocycles. The summed E-state index contributed by atoms with van der Waals surface area (Å²) in [5.41, 5.74) is 0. The third-order valence-electron chi connectivity index (χ3n) is 1.85. The van der Waals surface area contributed by atoms with Gasteiger partial charge in [-0.3, -0.25) is 0 Å². The van der Waals surface area contributed by atoms with Gasteiger partial charge in [0.25, 0.3) is 0 Å². The maximum absolute atomic E-state index is 3.82. The molecule has 1 heteroatoms. The van der Waals surface area contributed by atoms with Crippen LogP contribution in [-0.4, -0.2) is 26.0 Å². The normalized spacial score (nSPS) is 9.86. The van der Waals surface area contributed by atoms with Crippen molar-refractivity contribution in [2.75, 3.05) is 21.1 Å². The molecule has 0 aliphatic carbocycles. The summed E-state index contributed by atoms with van der Waals surface area (Å²) in [5, 5.41) is 0. The predicted molar refractivity (Wildman–Crippen MR) is 67.6 cm³/mol. The zero-order chi connectivity index (χ0) is 11.2.